The molecular formula is C23H26N2O5. The molecule has 7 heteroatoms. The van der Waals surface area contributed by atoms with Crippen molar-refractivity contribution in [3.63, 3.8) is 0 Å². The van der Waals surface area contributed by atoms with Crippen molar-refractivity contribution in [2.24, 2.45) is 0 Å². The largest absolute Gasteiger partial charge is 0.482 e. The summed E-state index contributed by atoms with van der Waals surface area (Å²) in [6.45, 7) is 7.45. The summed E-state index contributed by atoms with van der Waals surface area (Å²) in [6.07, 6.45) is -0.981. The molecule has 0 aromatic heterocycles. The number of esters is 1. The van der Waals surface area contributed by atoms with Gasteiger partial charge in [0, 0.05) is 12.2 Å². The van der Waals surface area contributed by atoms with Crippen LogP contribution in [0.4, 0.5) is 11.4 Å². The molecule has 7 nitrogen and oxygen atoms in total. The number of hydrogen-bond donors (Lipinski definition) is 1. The second-order valence-electron chi connectivity index (χ2n) is 7.45. The van der Waals surface area contributed by atoms with Gasteiger partial charge in [-0.3, -0.25) is 14.4 Å². The molecule has 0 spiro atoms. The fourth-order valence-corrected chi connectivity index (χ4v) is 3.51. The Kier molecular flexibility index (Phi) is 6.40. The van der Waals surface area contributed by atoms with Crippen LogP contribution >= 0.6 is 0 Å². The molecule has 0 fully saturated rings. The van der Waals surface area contributed by atoms with Crippen LogP contribution in [0.3, 0.4) is 0 Å². The number of benzene rings is 2. The molecule has 3 rings (SSSR count). The Morgan fingerprint density at radius 2 is 1.83 bits per heavy atom. The van der Waals surface area contributed by atoms with Crippen LogP contribution in [0, 0.1) is 20.8 Å². The van der Waals surface area contributed by atoms with Crippen LogP contribution in [0.15, 0.2) is 36.4 Å². The predicted molar refractivity (Wildman–Crippen MR) is 114 cm³/mol. The van der Waals surface area contributed by atoms with Crippen LogP contribution < -0.4 is 15.0 Å². The van der Waals surface area contributed by atoms with Crippen LogP contribution in [-0.4, -0.2) is 37.0 Å². The highest BCUT2D eigenvalue weighted by atomic mass is 16.5. The lowest BCUT2D eigenvalue weighted by Crippen LogP contribution is -2.40. The summed E-state index contributed by atoms with van der Waals surface area (Å²) in [5, 5.41) is 2.84. The van der Waals surface area contributed by atoms with Gasteiger partial charge in [-0.2, -0.15) is 0 Å². The van der Waals surface area contributed by atoms with Crippen molar-refractivity contribution in [2.45, 2.75) is 40.2 Å². The normalized spacial score (nSPS) is 13.9. The Balaban J connectivity index is 1.56. The smallest absolute Gasteiger partial charge is 0.308 e. The number of para-hydroxylation sites is 2. The average Bonchev–Trinajstić information content (AvgIpc) is 2.69. The zero-order valence-electron chi connectivity index (χ0n) is 17.7. The van der Waals surface area contributed by atoms with Gasteiger partial charge in [0.25, 0.3) is 11.8 Å². The highest BCUT2D eigenvalue weighted by Crippen LogP contribution is 2.31. The van der Waals surface area contributed by atoms with Gasteiger partial charge in [-0.1, -0.05) is 29.8 Å². The molecule has 0 aliphatic carbocycles. The second kappa shape index (κ2) is 8.98. The van der Waals surface area contributed by atoms with Crippen molar-refractivity contribution < 1.29 is 23.9 Å². The Labute approximate surface area is 176 Å². The number of rotatable bonds is 6. The first-order chi connectivity index (χ1) is 14.3. The number of hydrogen-bond acceptors (Lipinski definition) is 5. The molecule has 2 amide bonds. The van der Waals surface area contributed by atoms with E-state index in [0.717, 1.165) is 22.4 Å². The number of amides is 2. The zero-order chi connectivity index (χ0) is 21.8. The van der Waals surface area contributed by atoms with E-state index in [9.17, 15) is 14.4 Å². The summed E-state index contributed by atoms with van der Waals surface area (Å²) in [5.41, 5.74) is 4.36. The van der Waals surface area contributed by atoms with Crippen molar-refractivity contribution in [3.8, 4) is 5.75 Å². The number of aryl methyl sites for hydroxylation is 3. The molecule has 2 aromatic rings. The van der Waals surface area contributed by atoms with Gasteiger partial charge in [0.1, 0.15) is 5.75 Å². The predicted octanol–water partition coefficient (Wildman–Crippen LogP) is 3.30. The number of anilines is 2. The van der Waals surface area contributed by atoms with Gasteiger partial charge in [-0.05, 0) is 51.0 Å². The van der Waals surface area contributed by atoms with Crippen molar-refractivity contribution in [1.82, 2.24) is 0 Å². The highest BCUT2D eigenvalue weighted by Gasteiger charge is 2.26. The molecule has 1 atom stereocenters. The van der Waals surface area contributed by atoms with Gasteiger partial charge >= 0.3 is 5.97 Å². The van der Waals surface area contributed by atoms with Crippen molar-refractivity contribution in [3.05, 3.63) is 53.1 Å². The Morgan fingerprint density at radius 1 is 1.17 bits per heavy atom. The summed E-state index contributed by atoms with van der Waals surface area (Å²) in [7, 11) is 0. The lowest BCUT2D eigenvalue weighted by atomic mass is 10.0. The molecule has 30 heavy (non-hydrogen) atoms. The van der Waals surface area contributed by atoms with E-state index in [4.69, 9.17) is 9.47 Å². The zero-order valence-corrected chi connectivity index (χ0v) is 17.7. The Morgan fingerprint density at radius 3 is 2.53 bits per heavy atom. The van der Waals surface area contributed by atoms with Crippen LogP contribution in [0.5, 0.6) is 5.75 Å². The fraction of sp³-hybridized carbons (Fsp3) is 0.348. The van der Waals surface area contributed by atoms with Gasteiger partial charge < -0.3 is 19.7 Å². The minimum absolute atomic E-state index is 0.0275. The molecule has 158 valence electrons. The lowest BCUT2D eigenvalue weighted by molar-refractivity contribution is -0.153. The molecule has 2 aromatic carbocycles. The maximum Gasteiger partial charge on any atom is 0.308 e. The van der Waals surface area contributed by atoms with E-state index in [2.05, 4.69) is 5.32 Å². The number of carbonyl (C=O) groups is 3. The van der Waals surface area contributed by atoms with E-state index in [1.807, 2.05) is 39.0 Å². The van der Waals surface area contributed by atoms with E-state index >= 15 is 0 Å². The van der Waals surface area contributed by atoms with Crippen LogP contribution in [0.2, 0.25) is 0 Å². The van der Waals surface area contributed by atoms with Crippen molar-refractivity contribution in [1.29, 1.82) is 0 Å². The summed E-state index contributed by atoms with van der Waals surface area (Å²) in [4.78, 5) is 38.4. The molecule has 0 saturated heterocycles. The van der Waals surface area contributed by atoms with Gasteiger partial charge in [-0.15, -0.1) is 0 Å². The van der Waals surface area contributed by atoms with Crippen LogP contribution in [-0.2, 0) is 19.1 Å². The maximum absolute atomic E-state index is 12.5. The second-order valence-corrected chi connectivity index (χ2v) is 7.45. The number of carbonyl (C=O) groups excluding carboxylic acids is 3. The minimum Gasteiger partial charge on any atom is -0.482 e. The Bertz CT molecular complexity index is 962. The number of ether oxygens (including phenoxy) is 2. The summed E-state index contributed by atoms with van der Waals surface area (Å²) < 4.78 is 10.7. The van der Waals surface area contributed by atoms with E-state index in [1.54, 1.807) is 18.2 Å². The Hall–Kier alpha value is -3.35. The molecule has 0 radical (unpaired) electrons. The first kappa shape index (κ1) is 21.4. The summed E-state index contributed by atoms with van der Waals surface area (Å²) in [6, 6.07) is 11.1. The highest BCUT2D eigenvalue weighted by molar-refractivity contribution is 5.98. The summed E-state index contributed by atoms with van der Waals surface area (Å²) >= 11 is 0. The molecule has 1 aliphatic heterocycles. The third-order valence-corrected chi connectivity index (χ3v) is 4.95. The molecule has 1 N–H and O–H groups in total. The molecule has 1 heterocycles. The van der Waals surface area contributed by atoms with Gasteiger partial charge in [0.15, 0.2) is 12.7 Å². The maximum atomic E-state index is 12.5. The van der Waals surface area contributed by atoms with Crippen molar-refractivity contribution in [2.75, 3.05) is 23.4 Å². The summed E-state index contributed by atoms with van der Waals surface area (Å²) in [5.74, 6) is -0.572. The molecule has 0 saturated carbocycles. The van der Waals surface area contributed by atoms with Gasteiger partial charge in [0.05, 0.1) is 12.1 Å². The molecule has 0 bridgehead atoms. The topological polar surface area (TPSA) is 84.9 Å². The third kappa shape index (κ3) is 4.79. The van der Waals surface area contributed by atoms with Crippen LogP contribution in [0.25, 0.3) is 0 Å². The first-order valence-corrected chi connectivity index (χ1v) is 9.86. The van der Waals surface area contributed by atoms with E-state index in [-0.39, 0.29) is 25.5 Å². The van der Waals surface area contributed by atoms with E-state index in [1.165, 1.54) is 11.8 Å². The van der Waals surface area contributed by atoms with Gasteiger partial charge in [-0.25, -0.2) is 0 Å². The number of nitrogens with one attached hydrogen (secondary N) is 1. The minimum atomic E-state index is -0.953. The molecule has 1 aliphatic rings. The number of nitrogens with zero attached hydrogens (tertiary/aromatic N) is 1. The van der Waals surface area contributed by atoms with Crippen LogP contribution in [0.1, 0.15) is 30.0 Å². The quantitative estimate of drug-likeness (QED) is 0.739. The molecule has 1 unspecified atom stereocenters. The third-order valence-electron chi connectivity index (χ3n) is 4.95. The SMILES string of the molecule is Cc1cc(C)c(NC(=O)C(C)OC(=O)CCN2C(=O)COc3ccccc32)c(C)c1. The number of fused-ring (bicyclic) bond motifs is 1. The van der Waals surface area contributed by atoms with Gasteiger partial charge in [0.2, 0.25) is 0 Å². The molecular weight excluding hydrogens is 384 g/mol. The average molecular weight is 410 g/mol. The van der Waals surface area contributed by atoms with E-state index in [0.29, 0.717) is 11.4 Å². The fourth-order valence-electron chi connectivity index (χ4n) is 3.51. The standard InChI is InChI=1S/C23H26N2O5/c1-14-11-15(2)22(16(3)12-14)24-23(28)17(4)30-21(27)9-10-25-18-7-5-6-8-19(18)29-13-20(25)26/h5-8,11-12,17H,9-10,13H2,1-4H3,(H,24,28). The first-order valence-electron chi connectivity index (χ1n) is 9.86. The van der Waals surface area contributed by atoms with E-state index < -0.39 is 18.0 Å². The monoisotopic (exact) mass is 410 g/mol. The van der Waals surface area contributed by atoms with Crippen molar-refractivity contribution >= 4 is 29.2 Å². The lowest BCUT2D eigenvalue weighted by Gasteiger charge is -2.29.